The Kier molecular flexibility index (Phi) is 16.5. The van der Waals surface area contributed by atoms with Gasteiger partial charge >= 0.3 is 0 Å². The van der Waals surface area contributed by atoms with Gasteiger partial charge in [0.1, 0.15) is 0 Å². The molecule has 0 aromatic heterocycles. The molecule has 4 aliphatic heterocycles. The van der Waals surface area contributed by atoms with Gasteiger partial charge < -0.3 is 14.2 Å². The fraction of sp³-hybridized carbons (Fsp3) is 0.923. The first-order valence-corrected chi connectivity index (χ1v) is 26.5. The lowest BCUT2D eigenvalue weighted by atomic mass is 9.48. The number of rotatable bonds is 22. The van der Waals surface area contributed by atoms with Crippen LogP contribution >= 0.6 is 17.2 Å². The van der Waals surface area contributed by atoms with Crippen molar-refractivity contribution in [3.8, 4) is 0 Å². The third-order valence-electron chi connectivity index (χ3n) is 14.5. The van der Waals surface area contributed by atoms with E-state index < -0.39 is 11.6 Å². The van der Waals surface area contributed by atoms with Gasteiger partial charge in [0.25, 0.3) is 0 Å². The topological polar surface area (TPSA) is 27.7 Å². The molecule has 6 unspecified atom stereocenters. The molecule has 332 valence electrons. The molecule has 0 N–H and O–H groups in total. The summed E-state index contributed by atoms with van der Waals surface area (Å²) in [6.07, 6.45) is 30.7. The summed E-state index contributed by atoms with van der Waals surface area (Å²) in [7, 11) is 2.97. The van der Waals surface area contributed by atoms with Crippen molar-refractivity contribution in [2.24, 2.45) is 22.2 Å². The van der Waals surface area contributed by atoms with Crippen molar-refractivity contribution in [3.05, 3.63) is 22.8 Å². The minimum atomic E-state index is -0.615. The quantitative estimate of drug-likeness (QED) is 0.0803. The maximum atomic E-state index is 7.34. The molecule has 6 atom stereocenters. The Morgan fingerprint density at radius 3 is 1.33 bits per heavy atom. The van der Waals surface area contributed by atoms with Gasteiger partial charge in [-0.2, -0.15) is 0 Å². The van der Waals surface area contributed by atoms with Gasteiger partial charge in [-0.05, 0) is 105 Å². The summed E-state index contributed by atoms with van der Waals surface area (Å²) in [5, 5.41) is 0.519. The van der Waals surface area contributed by atoms with E-state index in [0.29, 0.717) is 16.7 Å². The second-order valence-electron chi connectivity index (χ2n) is 24.8. The molecule has 0 spiro atoms. The van der Waals surface area contributed by atoms with Gasteiger partial charge in [0.05, 0.1) is 11.2 Å². The molecule has 1 aliphatic carbocycles. The van der Waals surface area contributed by atoms with Crippen LogP contribution in [0.1, 0.15) is 239 Å². The Labute approximate surface area is 359 Å². The Hall–Kier alpha value is 0.220. The number of unbranched alkanes of at least 4 members (excludes halogenated alkanes) is 12. The van der Waals surface area contributed by atoms with Gasteiger partial charge in [-0.15, -0.1) is 9.24 Å². The van der Waals surface area contributed by atoms with Crippen LogP contribution in [0.5, 0.6) is 0 Å². The van der Waals surface area contributed by atoms with E-state index in [1.54, 1.807) is 16.7 Å². The van der Waals surface area contributed by atoms with Crippen molar-refractivity contribution in [1.82, 2.24) is 0 Å². The molecule has 0 saturated carbocycles. The summed E-state index contributed by atoms with van der Waals surface area (Å²) in [5.41, 5.74) is 5.15. The molecule has 4 bridgehead atoms. The van der Waals surface area contributed by atoms with Gasteiger partial charge in [0.2, 0.25) is 0 Å². The maximum Gasteiger partial charge on any atom is 0.172 e. The van der Waals surface area contributed by atoms with Crippen LogP contribution in [0.2, 0.25) is 0 Å². The highest BCUT2D eigenvalue weighted by Gasteiger charge is 2.79. The van der Waals surface area contributed by atoms with E-state index >= 15 is 0 Å². The zero-order chi connectivity index (χ0) is 42.8. The third-order valence-corrected chi connectivity index (χ3v) is 19.1. The van der Waals surface area contributed by atoms with E-state index in [-0.39, 0.29) is 34.9 Å². The van der Waals surface area contributed by atoms with E-state index in [0.717, 1.165) is 19.0 Å². The van der Waals surface area contributed by atoms with E-state index in [1.807, 2.05) is 0 Å². The highest BCUT2D eigenvalue weighted by molar-refractivity contribution is 7.61. The smallest absolute Gasteiger partial charge is 0.172 e. The summed E-state index contributed by atoms with van der Waals surface area (Å²) in [5.74, 6) is -0.894. The summed E-state index contributed by atoms with van der Waals surface area (Å²) in [4.78, 5) is 0. The fourth-order valence-electron chi connectivity index (χ4n) is 12.6. The Bertz CT molecular complexity index is 1300. The third kappa shape index (κ3) is 12.4. The molecule has 0 aromatic rings. The summed E-state index contributed by atoms with van der Waals surface area (Å²) >= 11 is 0. The molecule has 4 heterocycles. The van der Waals surface area contributed by atoms with Gasteiger partial charge in [0, 0.05) is 24.2 Å². The van der Waals surface area contributed by atoms with Gasteiger partial charge in [-0.1, -0.05) is 185 Å². The molecule has 4 saturated heterocycles. The SMILES string of the molecule is CC(C)(C)CCCCCCCCCC1=C(CCCCCCCCCC(C)(C)C)C(C2(CP)C3(C)CC4(C)OC(C)(CC2(C)O4)O3)C(CP(C(C)(C)C)C(C)(C)C)=C1. The predicted octanol–water partition coefficient (Wildman–Crippen LogP) is 16.7. The molecule has 4 fully saturated rings. The number of allylic oxidation sites excluding steroid dienone is 4. The second-order valence-corrected chi connectivity index (χ2v) is 29.0. The number of ether oxygens (including phenoxy) is 3. The van der Waals surface area contributed by atoms with Crippen LogP contribution in [-0.4, -0.2) is 45.4 Å². The zero-order valence-corrected chi connectivity index (χ0v) is 43.0. The highest BCUT2D eigenvalue weighted by atomic mass is 31.1. The van der Waals surface area contributed by atoms with Crippen LogP contribution in [0.25, 0.3) is 0 Å². The lowest BCUT2D eigenvalue weighted by Gasteiger charge is -2.76. The van der Waals surface area contributed by atoms with E-state index in [2.05, 4.69) is 126 Å². The molecule has 5 aliphatic rings. The molecule has 0 amide bonds. The van der Waals surface area contributed by atoms with Gasteiger partial charge in [-0.25, -0.2) is 0 Å². The lowest BCUT2D eigenvalue weighted by molar-refractivity contribution is -0.546. The summed E-state index contributed by atoms with van der Waals surface area (Å²) in [6.45, 7) is 38.7. The van der Waals surface area contributed by atoms with Crippen molar-refractivity contribution in [1.29, 1.82) is 0 Å². The summed E-state index contributed by atoms with van der Waals surface area (Å²) < 4.78 is 21.3. The first kappa shape index (κ1) is 49.9. The second kappa shape index (κ2) is 18.9. The van der Waals surface area contributed by atoms with E-state index in [9.17, 15) is 0 Å². The van der Waals surface area contributed by atoms with E-state index in [1.165, 1.54) is 122 Å². The Morgan fingerprint density at radius 1 is 0.561 bits per heavy atom. The van der Waals surface area contributed by atoms with E-state index in [4.69, 9.17) is 14.2 Å². The number of hydrogen-bond donors (Lipinski definition) is 0. The number of hydrogen-bond acceptors (Lipinski definition) is 3. The van der Waals surface area contributed by atoms with Gasteiger partial charge in [0.15, 0.2) is 11.6 Å². The monoisotopic (exact) mass is 831 g/mol. The van der Waals surface area contributed by atoms with Crippen LogP contribution in [0.3, 0.4) is 0 Å². The maximum absolute atomic E-state index is 7.34. The van der Waals surface area contributed by atoms with Crippen molar-refractivity contribution in [3.63, 3.8) is 0 Å². The molecule has 5 rings (SSSR count). The molecule has 3 nitrogen and oxygen atoms in total. The van der Waals surface area contributed by atoms with Crippen LogP contribution in [0.4, 0.5) is 0 Å². The normalized spacial score (nSPS) is 32.0. The molecule has 0 radical (unpaired) electrons. The predicted molar refractivity (Wildman–Crippen MR) is 255 cm³/mol. The average Bonchev–Trinajstić information content (AvgIpc) is 3.34. The Balaban J connectivity index is 1.64. The van der Waals surface area contributed by atoms with Crippen LogP contribution in [-0.2, 0) is 14.2 Å². The molecular formula is C52H96O3P2. The minimum absolute atomic E-state index is 0.201. The average molecular weight is 831 g/mol. The molecule has 5 heteroatoms. The van der Waals surface area contributed by atoms with Crippen molar-refractivity contribution in [2.75, 3.05) is 12.3 Å². The lowest BCUT2D eigenvalue weighted by Crippen LogP contribution is -2.83. The molecule has 57 heavy (non-hydrogen) atoms. The van der Waals surface area contributed by atoms with Crippen molar-refractivity contribution >= 4 is 17.2 Å². The summed E-state index contributed by atoms with van der Waals surface area (Å²) in [6, 6.07) is 0. The Morgan fingerprint density at radius 2 is 0.947 bits per heavy atom. The highest BCUT2D eigenvalue weighted by Crippen LogP contribution is 2.73. The van der Waals surface area contributed by atoms with Crippen LogP contribution in [0, 0.1) is 22.2 Å². The molecular weight excluding hydrogens is 735 g/mol. The van der Waals surface area contributed by atoms with Crippen LogP contribution < -0.4 is 0 Å². The van der Waals surface area contributed by atoms with Crippen molar-refractivity contribution < 1.29 is 14.2 Å². The minimum Gasteiger partial charge on any atom is -0.343 e. The first-order chi connectivity index (χ1) is 26.1. The fourth-order valence-corrected chi connectivity index (χ4v) is 17.3. The standard InChI is InChI=1S/C52H96O3P2/c1-44(2,3)33-29-25-21-17-19-23-27-31-40-35-41(36-57(46(7,8)9)47(10,11)12)43(42(40)32-28-24-20-18-22-26-30-34-45(4,5)6)52(39-56)48(13)37-50(15)54-49(52,14)38-51(16,53-48)55-50/h35,43H,17-34,36-39,56H2,1-16H3. The largest absolute Gasteiger partial charge is 0.343 e. The first-order valence-electron chi connectivity index (χ1n) is 24.1. The van der Waals surface area contributed by atoms with Crippen LogP contribution in [0.15, 0.2) is 22.8 Å². The molecule has 0 aromatic carbocycles. The van der Waals surface area contributed by atoms with Gasteiger partial charge in [-0.3, -0.25) is 0 Å². The zero-order valence-electron chi connectivity index (χ0n) is 41.0. The van der Waals surface area contributed by atoms with Crippen molar-refractivity contribution in [2.45, 2.75) is 272 Å².